The second kappa shape index (κ2) is 6.79. The molecule has 0 spiro atoms. The number of benzene rings is 1. The van der Waals surface area contributed by atoms with Crippen molar-refractivity contribution in [3.05, 3.63) is 42.5 Å². The molecular weight excluding hydrogens is 338 g/mol. The van der Waals surface area contributed by atoms with Crippen molar-refractivity contribution in [2.45, 2.75) is 12.5 Å². The summed E-state index contributed by atoms with van der Waals surface area (Å²) in [6, 6.07) is 4.53. The molecule has 4 rings (SSSR count). The minimum Gasteiger partial charge on any atom is -0.486 e. The monoisotopic (exact) mass is 353 g/mol. The first kappa shape index (κ1) is 16.0. The molecule has 9 nitrogen and oxygen atoms in total. The number of hydrogen-bond donors (Lipinski definition) is 2. The topological polar surface area (TPSA) is 115 Å². The Hall–Kier alpha value is -3.49. The second-order valence-electron chi connectivity index (χ2n) is 5.71. The molecule has 0 bridgehead atoms. The number of hydrazone groups is 1. The van der Waals surface area contributed by atoms with E-state index in [9.17, 15) is 9.59 Å². The molecule has 0 aliphatic carbocycles. The van der Waals surface area contributed by atoms with Crippen molar-refractivity contribution in [2.75, 3.05) is 18.5 Å². The summed E-state index contributed by atoms with van der Waals surface area (Å²) in [5.74, 6) is 0.587. The molecule has 0 saturated heterocycles. The van der Waals surface area contributed by atoms with E-state index in [2.05, 4.69) is 25.8 Å². The van der Waals surface area contributed by atoms with Crippen molar-refractivity contribution in [1.29, 1.82) is 0 Å². The van der Waals surface area contributed by atoms with E-state index in [-0.39, 0.29) is 29.5 Å². The molecule has 2 N–H and O–H groups in total. The Kier molecular flexibility index (Phi) is 4.18. The third kappa shape index (κ3) is 3.18. The predicted octanol–water partition coefficient (Wildman–Crippen LogP) is 0.787. The lowest BCUT2D eigenvalue weighted by atomic mass is 10.1. The van der Waals surface area contributed by atoms with Gasteiger partial charge >= 0.3 is 0 Å². The number of fused-ring (bicyclic) bond motifs is 1. The van der Waals surface area contributed by atoms with Gasteiger partial charge in [0.2, 0.25) is 11.7 Å². The maximum absolute atomic E-state index is 12.4. The highest BCUT2D eigenvalue weighted by atomic mass is 16.6. The maximum Gasteiger partial charge on any atom is 0.248 e. The van der Waals surface area contributed by atoms with E-state index < -0.39 is 6.04 Å². The Morgan fingerprint density at radius 3 is 2.81 bits per heavy atom. The van der Waals surface area contributed by atoms with Gasteiger partial charge in [-0.25, -0.2) is 4.98 Å². The van der Waals surface area contributed by atoms with E-state index in [4.69, 9.17) is 9.47 Å². The molecule has 26 heavy (non-hydrogen) atoms. The lowest BCUT2D eigenvalue weighted by Gasteiger charge is -2.19. The van der Waals surface area contributed by atoms with Crippen LogP contribution in [0.2, 0.25) is 0 Å². The van der Waals surface area contributed by atoms with Crippen LogP contribution < -0.4 is 20.2 Å². The quantitative estimate of drug-likeness (QED) is 0.781. The number of hydrogen-bond acceptors (Lipinski definition) is 8. The van der Waals surface area contributed by atoms with Gasteiger partial charge < -0.3 is 14.8 Å². The molecule has 1 atom stereocenters. The molecule has 2 aliphatic heterocycles. The van der Waals surface area contributed by atoms with Crippen LogP contribution in [0.15, 0.2) is 41.9 Å². The highest BCUT2D eigenvalue weighted by molar-refractivity contribution is 6.46. The van der Waals surface area contributed by atoms with Gasteiger partial charge in [-0.15, -0.1) is 0 Å². The first-order valence-corrected chi connectivity index (χ1v) is 8.04. The summed E-state index contributed by atoms with van der Waals surface area (Å²) in [7, 11) is 0. The third-order valence-corrected chi connectivity index (χ3v) is 3.94. The first-order chi connectivity index (χ1) is 12.7. The smallest absolute Gasteiger partial charge is 0.248 e. The summed E-state index contributed by atoms with van der Waals surface area (Å²) in [5.41, 5.74) is 3.71. The Morgan fingerprint density at radius 1 is 1.15 bits per heavy atom. The van der Waals surface area contributed by atoms with Crippen LogP contribution in [0.5, 0.6) is 11.5 Å². The van der Waals surface area contributed by atoms with Gasteiger partial charge in [-0.3, -0.25) is 20.0 Å². The van der Waals surface area contributed by atoms with Crippen molar-refractivity contribution in [1.82, 2.24) is 15.4 Å². The fraction of sp³-hybridized carbons (Fsp3) is 0.235. The fourth-order valence-corrected chi connectivity index (χ4v) is 2.65. The van der Waals surface area contributed by atoms with Crippen molar-refractivity contribution in [3.63, 3.8) is 0 Å². The summed E-state index contributed by atoms with van der Waals surface area (Å²) in [6.45, 7) is 0.973. The number of Topliss-reactive ketones (excluding diaryl/α,β-unsaturated/α-hetero) is 1. The maximum atomic E-state index is 12.4. The number of ketones is 1. The van der Waals surface area contributed by atoms with Gasteiger partial charge in [0.25, 0.3) is 0 Å². The average molecular weight is 353 g/mol. The first-order valence-electron chi connectivity index (χ1n) is 8.04. The van der Waals surface area contributed by atoms with Crippen LogP contribution >= 0.6 is 0 Å². The molecule has 2 aromatic rings. The van der Waals surface area contributed by atoms with E-state index in [0.29, 0.717) is 30.4 Å². The molecule has 0 fully saturated rings. The SMILES string of the molecule is O=C(C1=NNC(C(=O)Nc2ccc3c(c2)OCCO3)C1)c1cnccn1. The number of ether oxygens (including phenoxy) is 2. The van der Waals surface area contributed by atoms with E-state index in [1.54, 1.807) is 18.2 Å². The van der Waals surface area contributed by atoms with Crippen molar-refractivity contribution < 1.29 is 19.1 Å². The van der Waals surface area contributed by atoms with Crippen molar-refractivity contribution >= 4 is 23.1 Å². The van der Waals surface area contributed by atoms with E-state index in [1.165, 1.54) is 18.6 Å². The normalized spacial score (nSPS) is 17.8. The van der Waals surface area contributed by atoms with Crippen LogP contribution in [-0.2, 0) is 4.79 Å². The van der Waals surface area contributed by atoms with Gasteiger partial charge in [-0.05, 0) is 12.1 Å². The highest BCUT2D eigenvalue weighted by Gasteiger charge is 2.30. The molecule has 9 heteroatoms. The van der Waals surface area contributed by atoms with Crippen molar-refractivity contribution in [2.24, 2.45) is 5.10 Å². The number of nitrogens with one attached hydrogen (secondary N) is 2. The lowest BCUT2D eigenvalue weighted by Crippen LogP contribution is -2.35. The molecule has 132 valence electrons. The molecule has 2 aliphatic rings. The van der Waals surface area contributed by atoms with Gasteiger partial charge in [0.1, 0.15) is 30.7 Å². The fourth-order valence-electron chi connectivity index (χ4n) is 2.65. The number of amides is 1. The molecular formula is C17H15N5O4. The number of anilines is 1. The van der Waals surface area contributed by atoms with Crippen LogP contribution in [0, 0.1) is 0 Å². The number of aromatic nitrogens is 2. The van der Waals surface area contributed by atoms with Gasteiger partial charge in [-0.1, -0.05) is 0 Å². The van der Waals surface area contributed by atoms with Gasteiger partial charge in [0.15, 0.2) is 11.5 Å². The standard InChI is InChI=1S/C17H15N5O4/c23-16(13-9-18-3-4-19-13)11-8-12(22-21-11)17(24)20-10-1-2-14-15(7-10)26-6-5-25-14/h1-4,7,9,12,22H,5-6,8H2,(H,20,24). The molecule has 1 amide bonds. The number of carbonyl (C=O) groups excluding carboxylic acids is 2. The minimum absolute atomic E-state index is 0.172. The third-order valence-electron chi connectivity index (χ3n) is 3.94. The van der Waals surface area contributed by atoms with Crippen LogP contribution in [0.25, 0.3) is 0 Å². The summed E-state index contributed by atoms with van der Waals surface area (Å²) < 4.78 is 10.9. The number of nitrogens with zero attached hydrogens (tertiary/aromatic N) is 3. The molecule has 0 saturated carbocycles. The van der Waals surface area contributed by atoms with Gasteiger partial charge in [0, 0.05) is 30.6 Å². The van der Waals surface area contributed by atoms with E-state index >= 15 is 0 Å². The van der Waals surface area contributed by atoms with Crippen LogP contribution in [-0.4, -0.2) is 46.6 Å². The molecule has 3 heterocycles. The summed E-state index contributed by atoms with van der Waals surface area (Å²) in [4.78, 5) is 32.5. The zero-order valence-corrected chi connectivity index (χ0v) is 13.6. The number of rotatable bonds is 4. The zero-order chi connectivity index (χ0) is 17.9. The largest absolute Gasteiger partial charge is 0.486 e. The minimum atomic E-state index is -0.640. The van der Waals surface area contributed by atoms with E-state index in [1.807, 2.05) is 0 Å². The Balaban J connectivity index is 1.39. The number of carbonyl (C=O) groups is 2. The molecule has 0 radical (unpaired) electrons. The van der Waals surface area contributed by atoms with E-state index in [0.717, 1.165) is 0 Å². The Labute approximate surface area is 148 Å². The average Bonchev–Trinajstić information content (AvgIpc) is 3.18. The molecule has 1 unspecified atom stereocenters. The van der Waals surface area contributed by atoms with Crippen LogP contribution in [0.4, 0.5) is 5.69 Å². The van der Waals surface area contributed by atoms with Crippen LogP contribution in [0.1, 0.15) is 16.9 Å². The van der Waals surface area contributed by atoms with Crippen molar-refractivity contribution in [3.8, 4) is 11.5 Å². The summed E-state index contributed by atoms with van der Waals surface area (Å²) >= 11 is 0. The Bertz CT molecular complexity index is 884. The van der Waals surface area contributed by atoms with Gasteiger partial charge in [0.05, 0.1) is 6.20 Å². The summed E-state index contributed by atoms with van der Waals surface area (Å²) in [5, 5.41) is 6.75. The highest BCUT2D eigenvalue weighted by Crippen LogP contribution is 2.32. The Morgan fingerprint density at radius 2 is 2.00 bits per heavy atom. The molecule has 1 aromatic heterocycles. The van der Waals surface area contributed by atoms with Gasteiger partial charge in [-0.2, -0.15) is 5.10 Å². The molecule has 1 aromatic carbocycles. The summed E-state index contributed by atoms with van der Waals surface area (Å²) in [6.07, 6.45) is 4.45. The second-order valence-corrected chi connectivity index (χ2v) is 5.71. The predicted molar refractivity (Wildman–Crippen MR) is 91.4 cm³/mol. The lowest BCUT2D eigenvalue weighted by molar-refractivity contribution is -0.117. The zero-order valence-electron chi connectivity index (χ0n) is 13.6. The van der Waals surface area contributed by atoms with Crippen LogP contribution in [0.3, 0.4) is 0 Å².